The number of hydrogen-bond donors (Lipinski definition) is 1. The SMILES string of the molecule is O=Cc1ccc(NS(=O)(=O)c2ccc(Cl)s2)cc1. The second-order valence-electron chi connectivity index (χ2n) is 3.40. The van der Waals surface area contributed by atoms with Crippen LogP contribution in [0.5, 0.6) is 0 Å². The maximum absolute atomic E-state index is 11.9. The highest BCUT2D eigenvalue weighted by molar-refractivity contribution is 7.94. The predicted molar refractivity (Wildman–Crippen MR) is 72.0 cm³/mol. The summed E-state index contributed by atoms with van der Waals surface area (Å²) >= 11 is 6.68. The zero-order valence-electron chi connectivity index (χ0n) is 8.96. The number of sulfonamides is 1. The standard InChI is InChI=1S/C11H8ClNO3S2/c12-10-5-6-11(17-10)18(15,16)13-9-3-1-8(7-14)2-4-9/h1-7,13H. The normalized spacial score (nSPS) is 11.2. The van der Waals surface area contributed by atoms with E-state index in [2.05, 4.69) is 4.72 Å². The summed E-state index contributed by atoms with van der Waals surface area (Å²) in [5.74, 6) is 0. The van der Waals surface area contributed by atoms with Crippen molar-refractivity contribution in [2.24, 2.45) is 0 Å². The lowest BCUT2D eigenvalue weighted by Gasteiger charge is -2.05. The Morgan fingerprint density at radius 2 is 1.78 bits per heavy atom. The van der Waals surface area contributed by atoms with Gasteiger partial charge in [0, 0.05) is 11.3 Å². The van der Waals surface area contributed by atoms with Crippen molar-refractivity contribution in [1.29, 1.82) is 0 Å². The fraction of sp³-hybridized carbons (Fsp3) is 0. The van der Waals surface area contributed by atoms with E-state index < -0.39 is 10.0 Å². The molecule has 94 valence electrons. The summed E-state index contributed by atoms with van der Waals surface area (Å²) in [5, 5.41) is 0. The van der Waals surface area contributed by atoms with Gasteiger partial charge in [0.2, 0.25) is 0 Å². The van der Waals surface area contributed by atoms with Crippen LogP contribution in [-0.2, 0) is 10.0 Å². The van der Waals surface area contributed by atoms with Gasteiger partial charge in [-0.25, -0.2) is 8.42 Å². The third kappa shape index (κ3) is 2.90. The van der Waals surface area contributed by atoms with E-state index >= 15 is 0 Å². The molecule has 0 aliphatic heterocycles. The highest BCUT2D eigenvalue weighted by Crippen LogP contribution is 2.27. The number of halogens is 1. The molecular weight excluding hydrogens is 294 g/mol. The highest BCUT2D eigenvalue weighted by Gasteiger charge is 2.16. The molecule has 4 nitrogen and oxygen atoms in total. The molecule has 1 aromatic carbocycles. The van der Waals surface area contributed by atoms with Crippen LogP contribution in [0.3, 0.4) is 0 Å². The van der Waals surface area contributed by atoms with Gasteiger partial charge in [-0.3, -0.25) is 9.52 Å². The van der Waals surface area contributed by atoms with Gasteiger partial charge in [-0.15, -0.1) is 11.3 Å². The maximum Gasteiger partial charge on any atom is 0.271 e. The molecule has 0 aliphatic carbocycles. The molecule has 0 atom stereocenters. The van der Waals surface area contributed by atoms with Crippen LogP contribution in [-0.4, -0.2) is 14.7 Å². The van der Waals surface area contributed by atoms with Gasteiger partial charge < -0.3 is 0 Å². The summed E-state index contributed by atoms with van der Waals surface area (Å²) in [6, 6.07) is 9.08. The van der Waals surface area contributed by atoms with Gasteiger partial charge in [-0.2, -0.15) is 0 Å². The lowest BCUT2D eigenvalue weighted by Crippen LogP contribution is -2.11. The molecule has 2 rings (SSSR count). The topological polar surface area (TPSA) is 63.2 Å². The summed E-state index contributed by atoms with van der Waals surface area (Å²) in [7, 11) is -3.62. The van der Waals surface area contributed by atoms with Gasteiger partial charge in [0.1, 0.15) is 10.5 Å². The van der Waals surface area contributed by atoms with Crippen molar-refractivity contribution >= 4 is 44.9 Å². The third-order valence-electron chi connectivity index (χ3n) is 2.11. The second kappa shape index (κ2) is 5.09. The molecule has 0 fully saturated rings. The first-order chi connectivity index (χ1) is 8.51. The van der Waals surface area contributed by atoms with Gasteiger partial charge in [-0.05, 0) is 36.4 Å². The lowest BCUT2D eigenvalue weighted by molar-refractivity contribution is 0.112. The van der Waals surface area contributed by atoms with Crippen molar-refractivity contribution in [3.05, 3.63) is 46.3 Å². The van der Waals surface area contributed by atoms with Crippen LogP contribution in [0.2, 0.25) is 4.34 Å². The van der Waals surface area contributed by atoms with E-state index in [1.165, 1.54) is 36.4 Å². The zero-order valence-corrected chi connectivity index (χ0v) is 11.3. The highest BCUT2D eigenvalue weighted by atomic mass is 35.5. The molecule has 0 saturated heterocycles. The van der Waals surface area contributed by atoms with Crippen molar-refractivity contribution in [2.45, 2.75) is 4.21 Å². The van der Waals surface area contributed by atoms with Gasteiger partial charge in [0.05, 0.1) is 4.34 Å². The van der Waals surface area contributed by atoms with Crippen molar-refractivity contribution in [3.63, 3.8) is 0 Å². The molecule has 1 N–H and O–H groups in total. The largest absolute Gasteiger partial charge is 0.298 e. The number of carbonyl (C=O) groups is 1. The Bertz CT molecular complexity index is 662. The molecule has 0 unspecified atom stereocenters. The predicted octanol–water partition coefficient (Wildman–Crippen LogP) is 3.01. The fourth-order valence-corrected chi connectivity index (χ4v) is 3.82. The molecule has 0 spiro atoms. The Balaban J connectivity index is 2.24. The number of nitrogens with one attached hydrogen (secondary N) is 1. The molecule has 18 heavy (non-hydrogen) atoms. The number of carbonyl (C=O) groups excluding carboxylic acids is 1. The minimum Gasteiger partial charge on any atom is -0.298 e. The average molecular weight is 302 g/mol. The summed E-state index contributed by atoms with van der Waals surface area (Å²) in [5.41, 5.74) is 0.877. The third-order valence-corrected chi connectivity index (χ3v) is 5.22. The van der Waals surface area contributed by atoms with Gasteiger partial charge in [0.25, 0.3) is 10.0 Å². The van der Waals surface area contributed by atoms with E-state index in [0.717, 1.165) is 11.3 Å². The van der Waals surface area contributed by atoms with Crippen LogP contribution in [0.1, 0.15) is 10.4 Å². The zero-order chi connectivity index (χ0) is 13.2. The summed E-state index contributed by atoms with van der Waals surface area (Å²) in [4.78, 5) is 10.5. The summed E-state index contributed by atoms with van der Waals surface area (Å²) < 4.78 is 26.8. The average Bonchev–Trinajstić information content (AvgIpc) is 2.77. The monoisotopic (exact) mass is 301 g/mol. The molecule has 0 bridgehead atoms. The minimum atomic E-state index is -3.62. The fourth-order valence-electron chi connectivity index (χ4n) is 1.28. The first kappa shape index (κ1) is 13.1. The van der Waals surface area contributed by atoms with Crippen LogP contribution in [0.15, 0.2) is 40.6 Å². The Kier molecular flexibility index (Phi) is 3.70. The molecular formula is C11H8ClNO3S2. The smallest absolute Gasteiger partial charge is 0.271 e. The summed E-state index contributed by atoms with van der Waals surface area (Å²) in [6.07, 6.45) is 0.692. The molecule has 2 aromatic rings. The van der Waals surface area contributed by atoms with E-state index in [1.807, 2.05) is 0 Å². The molecule has 7 heteroatoms. The molecule has 0 radical (unpaired) electrons. The number of anilines is 1. The first-order valence-electron chi connectivity index (χ1n) is 4.85. The van der Waals surface area contributed by atoms with E-state index in [1.54, 1.807) is 0 Å². The lowest BCUT2D eigenvalue weighted by atomic mass is 10.2. The van der Waals surface area contributed by atoms with E-state index in [-0.39, 0.29) is 4.21 Å². The second-order valence-corrected chi connectivity index (χ2v) is 7.03. The van der Waals surface area contributed by atoms with E-state index in [4.69, 9.17) is 11.6 Å². The Morgan fingerprint density at radius 3 is 2.28 bits per heavy atom. The Hall–Kier alpha value is -1.37. The number of thiophene rings is 1. The Morgan fingerprint density at radius 1 is 1.11 bits per heavy atom. The quantitative estimate of drug-likeness (QED) is 0.883. The molecule has 1 heterocycles. The van der Waals surface area contributed by atoms with Crippen molar-refractivity contribution in [2.75, 3.05) is 4.72 Å². The van der Waals surface area contributed by atoms with E-state index in [9.17, 15) is 13.2 Å². The van der Waals surface area contributed by atoms with Crippen LogP contribution in [0.4, 0.5) is 5.69 Å². The van der Waals surface area contributed by atoms with Crippen LogP contribution in [0, 0.1) is 0 Å². The maximum atomic E-state index is 11.9. The number of aldehydes is 1. The number of benzene rings is 1. The molecule has 1 aromatic heterocycles. The van der Waals surface area contributed by atoms with Crippen molar-refractivity contribution in [3.8, 4) is 0 Å². The minimum absolute atomic E-state index is 0.145. The van der Waals surface area contributed by atoms with Crippen LogP contribution in [0.25, 0.3) is 0 Å². The van der Waals surface area contributed by atoms with Crippen LogP contribution < -0.4 is 4.72 Å². The van der Waals surface area contributed by atoms with Crippen molar-refractivity contribution < 1.29 is 13.2 Å². The number of rotatable bonds is 4. The first-order valence-corrected chi connectivity index (χ1v) is 7.52. The van der Waals surface area contributed by atoms with Gasteiger partial charge in [0.15, 0.2) is 0 Å². The number of hydrogen-bond acceptors (Lipinski definition) is 4. The van der Waals surface area contributed by atoms with Gasteiger partial charge in [-0.1, -0.05) is 11.6 Å². The van der Waals surface area contributed by atoms with E-state index in [0.29, 0.717) is 21.9 Å². The van der Waals surface area contributed by atoms with Crippen molar-refractivity contribution in [1.82, 2.24) is 0 Å². The summed E-state index contributed by atoms with van der Waals surface area (Å²) in [6.45, 7) is 0. The Labute approximate surface area is 113 Å². The molecule has 0 saturated carbocycles. The van der Waals surface area contributed by atoms with Gasteiger partial charge >= 0.3 is 0 Å². The molecule has 0 aliphatic rings. The van der Waals surface area contributed by atoms with Crippen LogP contribution >= 0.6 is 22.9 Å². The molecule has 0 amide bonds.